The summed E-state index contributed by atoms with van der Waals surface area (Å²) in [6.07, 6.45) is 4.05. The topological polar surface area (TPSA) is 66.8 Å². The molecule has 0 bridgehead atoms. The number of ether oxygens (including phenoxy) is 1. The molecule has 1 spiro atoms. The summed E-state index contributed by atoms with van der Waals surface area (Å²) in [5.74, 6) is -1.30. The quantitative estimate of drug-likeness (QED) is 0.932. The molecule has 5 nitrogen and oxygen atoms in total. The Morgan fingerprint density at radius 3 is 2.55 bits per heavy atom. The molecule has 1 aromatic carbocycles. The summed E-state index contributed by atoms with van der Waals surface area (Å²) in [6.45, 7) is 0.493. The molecule has 1 amide bonds. The van der Waals surface area contributed by atoms with Crippen molar-refractivity contribution >= 4 is 12.1 Å². The van der Waals surface area contributed by atoms with Crippen molar-refractivity contribution in [3.63, 3.8) is 0 Å². The maximum Gasteiger partial charge on any atom is 0.410 e. The van der Waals surface area contributed by atoms with E-state index >= 15 is 0 Å². The molecule has 2 fully saturated rings. The number of likely N-dealkylation sites (tertiary alicyclic amines) is 1. The summed E-state index contributed by atoms with van der Waals surface area (Å²) in [5, 5.41) is 9.23. The van der Waals surface area contributed by atoms with Crippen LogP contribution < -0.4 is 0 Å². The summed E-state index contributed by atoms with van der Waals surface area (Å²) in [6, 6.07) is 9.53. The Balaban J connectivity index is 1.66. The third-order valence-electron chi connectivity index (χ3n) is 4.99. The van der Waals surface area contributed by atoms with Crippen LogP contribution in [0, 0.1) is 5.92 Å². The van der Waals surface area contributed by atoms with Crippen LogP contribution in [0.5, 0.6) is 0 Å². The average molecular weight is 303 g/mol. The number of rotatable bonds is 3. The Bertz CT molecular complexity index is 553. The molecule has 1 aliphatic carbocycles. The molecule has 1 saturated heterocycles. The van der Waals surface area contributed by atoms with E-state index in [0.717, 1.165) is 31.2 Å². The Hall–Kier alpha value is -2.04. The number of amides is 1. The zero-order valence-electron chi connectivity index (χ0n) is 12.5. The van der Waals surface area contributed by atoms with Crippen LogP contribution in [0.4, 0.5) is 4.79 Å². The molecule has 1 aromatic rings. The van der Waals surface area contributed by atoms with Gasteiger partial charge in [-0.1, -0.05) is 30.3 Å². The number of aliphatic carboxylic acids is 1. The second kappa shape index (κ2) is 5.99. The van der Waals surface area contributed by atoms with Gasteiger partial charge in [0.05, 0.1) is 5.92 Å². The van der Waals surface area contributed by atoms with Crippen LogP contribution in [-0.4, -0.2) is 34.2 Å². The van der Waals surface area contributed by atoms with Crippen LogP contribution in [0.2, 0.25) is 0 Å². The van der Waals surface area contributed by atoms with E-state index in [2.05, 4.69) is 0 Å². The van der Waals surface area contributed by atoms with Gasteiger partial charge in [0, 0.05) is 12.1 Å². The van der Waals surface area contributed by atoms with Crippen molar-refractivity contribution in [2.75, 3.05) is 6.54 Å². The standard InChI is InChI=1S/C17H21NO4/c19-15(20)14-7-10-17(8-4-9-17)18(11-14)16(21)22-12-13-5-2-1-3-6-13/h1-3,5-6,14H,4,7-12H2,(H,19,20). The van der Waals surface area contributed by atoms with Crippen LogP contribution in [0.3, 0.4) is 0 Å². The molecule has 1 atom stereocenters. The summed E-state index contributed by atoms with van der Waals surface area (Å²) >= 11 is 0. The lowest BCUT2D eigenvalue weighted by atomic mass is 9.68. The molecule has 118 valence electrons. The lowest BCUT2D eigenvalue weighted by molar-refractivity contribution is -0.146. The minimum absolute atomic E-state index is 0.153. The highest BCUT2D eigenvalue weighted by Gasteiger charge is 2.49. The van der Waals surface area contributed by atoms with Crippen LogP contribution in [0.1, 0.15) is 37.7 Å². The number of benzene rings is 1. The van der Waals surface area contributed by atoms with E-state index in [1.807, 2.05) is 30.3 Å². The Kier molecular flexibility index (Phi) is 4.05. The van der Waals surface area contributed by atoms with E-state index < -0.39 is 11.9 Å². The fourth-order valence-corrected chi connectivity index (χ4v) is 3.45. The van der Waals surface area contributed by atoms with Gasteiger partial charge in [-0.15, -0.1) is 0 Å². The highest BCUT2D eigenvalue weighted by molar-refractivity contribution is 5.74. The second-order valence-electron chi connectivity index (χ2n) is 6.30. The van der Waals surface area contributed by atoms with E-state index in [9.17, 15) is 14.7 Å². The van der Waals surface area contributed by atoms with Gasteiger partial charge in [0.1, 0.15) is 6.61 Å². The number of carboxylic acid groups (broad SMARTS) is 1. The van der Waals surface area contributed by atoms with Crippen LogP contribution in [-0.2, 0) is 16.1 Å². The van der Waals surface area contributed by atoms with E-state index in [0.29, 0.717) is 6.42 Å². The predicted molar refractivity (Wildman–Crippen MR) is 80.3 cm³/mol. The highest BCUT2D eigenvalue weighted by atomic mass is 16.6. The Labute approximate surface area is 129 Å². The first-order valence-electron chi connectivity index (χ1n) is 7.82. The van der Waals surface area contributed by atoms with Gasteiger partial charge >= 0.3 is 12.1 Å². The van der Waals surface area contributed by atoms with Gasteiger partial charge in [-0.05, 0) is 37.7 Å². The SMILES string of the molecule is O=C(O)C1CCC2(CCC2)N(C(=O)OCc2ccccc2)C1. The minimum Gasteiger partial charge on any atom is -0.481 e. The molecule has 0 radical (unpaired) electrons. The third-order valence-corrected chi connectivity index (χ3v) is 4.99. The van der Waals surface area contributed by atoms with Gasteiger partial charge in [-0.25, -0.2) is 4.79 Å². The molecule has 1 N–H and O–H groups in total. The zero-order valence-corrected chi connectivity index (χ0v) is 12.5. The van der Waals surface area contributed by atoms with Crippen molar-refractivity contribution in [2.24, 2.45) is 5.92 Å². The number of nitrogens with zero attached hydrogens (tertiary/aromatic N) is 1. The first-order chi connectivity index (χ1) is 10.6. The molecule has 3 rings (SSSR count). The number of carbonyl (C=O) groups excluding carboxylic acids is 1. The monoisotopic (exact) mass is 303 g/mol. The molecular formula is C17H21NO4. The number of piperidine rings is 1. The van der Waals surface area contributed by atoms with Crippen LogP contribution in [0.25, 0.3) is 0 Å². The molecule has 1 heterocycles. The van der Waals surface area contributed by atoms with Gasteiger partial charge in [-0.2, -0.15) is 0 Å². The molecule has 5 heteroatoms. The predicted octanol–water partition coefficient (Wildman–Crippen LogP) is 3.04. The Morgan fingerprint density at radius 1 is 1.23 bits per heavy atom. The lowest BCUT2D eigenvalue weighted by Gasteiger charge is -2.53. The molecule has 1 aliphatic heterocycles. The van der Waals surface area contributed by atoms with Crippen molar-refractivity contribution in [3.05, 3.63) is 35.9 Å². The first-order valence-corrected chi connectivity index (χ1v) is 7.82. The molecule has 1 saturated carbocycles. The molecule has 22 heavy (non-hydrogen) atoms. The molecule has 0 aromatic heterocycles. The fourth-order valence-electron chi connectivity index (χ4n) is 3.45. The fraction of sp³-hybridized carbons (Fsp3) is 0.529. The van der Waals surface area contributed by atoms with E-state index in [1.54, 1.807) is 4.90 Å². The summed E-state index contributed by atoms with van der Waals surface area (Å²) in [4.78, 5) is 25.4. The van der Waals surface area contributed by atoms with Crippen molar-refractivity contribution in [3.8, 4) is 0 Å². The van der Waals surface area contributed by atoms with Crippen molar-refractivity contribution < 1.29 is 19.4 Å². The maximum atomic E-state index is 12.5. The first kappa shape index (κ1) is 14.9. The number of carbonyl (C=O) groups is 2. The average Bonchev–Trinajstić information content (AvgIpc) is 2.51. The second-order valence-corrected chi connectivity index (χ2v) is 6.30. The van der Waals surface area contributed by atoms with Crippen molar-refractivity contribution in [1.29, 1.82) is 0 Å². The smallest absolute Gasteiger partial charge is 0.410 e. The van der Waals surface area contributed by atoms with E-state index in [1.165, 1.54) is 0 Å². The van der Waals surface area contributed by atoms with Gasteiger partial charge < -0.3 is 14.7 Å². The van der Waals surface area contributed by atoms with Crippen molar-refractivity contribution in [2.45, 2.75) is 44.2 Å². The summed E-state index contributed by atoms with van der Waals surface area (Å²) < 4.78 is 5.42. The maximum absolute atomic E-state index is 12.5. The summed E-state index contributed by atoms with van der Waals surface area (Å²) in [7, 11) is 0. The third kappa shape index (κ3) is 2.80. The number of hydrogen-bond acceptors (Lipinski definition) is 3. The van der Waals surface area contributed by atoms with Crippen molar-refractivity contribution in [1.82, 2.24) is 4.90 Å². The van der Waals surface area contributed by atoms with Crippen LogP contribution >= 0.6 is 0 Å². The highest BCUT2D eigenvalue weighted by Crippen LogP contribution is 2.45. The largest absolute Gasteiger partial charge is 0.481 e. The molecular weight excluding hydrogens is 282 g/mol. The zero-order chi connectivity index (χ0) is 15.6. The lowest BCUT2D eigenvalue weighted by Crippen LogP contribution is -2.61. The van der Waals surface area contributed by atoms with E-state index in [4.69, 9.17) is 4.74 Å². The van der Waals surface area contributed by atoms with Gasteiger partial charge in [0.25, 0.3) is 0 Å². The molecule has 1 unspecified atom stereocenters. The normalized spacial score (nSPS) is 22.9. The van der Waals surface area contributed by atoms with E-state index in [-0.39, 0.29) is 24.8 Å². The Morgan fingerprint density at radius 2 is 1.95 bits per heavy atom. The number of hydrogen-bond donors (Lipinski definition) is 1. The van der Waals surface area contributed by atoms with Crippen LogP contribution in [0.15, 0.2) is 30.3 Å². The van der Waals surface area contributed by atoms with Gasteiger partial charge in [-0.3, -0.25) is 4.79 Å². The summed E-state index contributed by atoms with van der Waals surface area (Å²) in [5.41, 5.74) is 0.782. The molecule has 2 aliphatic rings. The number of carboxylic acids is 1. The van der Waals surface area contributed by atoms with Gasteiger partial charge in [0.15, 0.2) is 0 Å². The van der Waals surface area contributed by atoms with Gasteiger partial charge in [0.2, 0.25) is 0 Å². The minimum atomic E-state index is -0.824.